The zero-order chi connectivity index (χ0) is 16.9. The van der Waals surface area contributed by atoms with Gasteiger partial charge in [-0.3, -0.25) is 9.59 Å². The molecule has 0 bridgehead atoms. The van der Waals surface area contributed by atoms with Gasteiger partial charge in [0.05, 0.1) is 12.0 Å². The number of halogens is 1. The van der Waals surface area contributed by atoms with Crippen molar-refractivity contribution in [1.29, 1.82) is 0 Å². The van der Waals surface area contributed by atoms with E-state index in [1.807, 2.05) is 29.2 Å². The third kappa shape index (κ3) is 4.71. The number of nitrogens with two attached hydrogens (primary N) is 1. The molecule has 1 saturated heterocycles. The number of carbonyl (C=O) groups is 2. The topological polar surface area (TPSA) is 84.7 Å². The Morgan fingerprint density at radius 2 is 2.00 bits per heavy atom. The van der Waals surface area contributed by atoms with Gasteiger partial charge in [0.25, 0.3) is 0 Å². The summed E-state index contributed by atoms with van der Waals surface area (Å²) in [5, 5.41) is 2.84. The van der Waals surface area contributed by atoms with E-state index in [0.717, 1.165) is 30.5 Å². The minimum Gasteiger partial charge on any atom is -0.378 e. The molecule has 6 nitrogen and oxygen atoms in total. The fourth-order valence-electron chi connectivity index (χ4n) is 3.43. The van der Waals surface area contributed by atoms with Gasteiger partial charge in [0.15, 0.2) is 0 Å². The van der Waals surface area contributed by atoms with Gasteiger partial charge in [-0.25, -0.2) is 0 Å². The highest BCUT2D eigenvalue weighted by molar-refractivity contribution is 6.01. The Morgan fingerprint density at radius 3 is 2.72 bits per heavy atom. The van der Waals surface area contributed by atoms with Crippen LogP contribution in [0.3, 0.4) is 0 Å². The number of nitrogens with zero attached hydrogens (tertiary/aromatic N) is 1. The van der Waals surface area contributed by atoms with Crippen molar-refractivity contribution in [1.82, 2.24) is 4.90 Å². The number of fused-ring (bicyclic) bond motifs is 1. The molecule has 3 rings (SSSR count). The number of hydrogen-bond acceptors (Lipinski definition) is 4. The molecule has 0 spiro atoms. The standard InChI is InChI=1S/C18H25N3O3.ClH/c19-8-3-11-24-13-6-9-21(10-7-13)18(23)15-12-17(22)20-16-5-2-1-4-14(15)16;/h1-2,4-5,13,15H,3,6-12,19H2,(H,20,22);1H. The highest BCUT2D eigenvalue weighted by Gasteiger charge is 2.34. The zero-order valence-electron chi connectivity index (χ0n) is 14.3. The number of ether oxygens (including phenoxy) is 1. The van der Waals surface area contributed by atoms with Crippen molar-refractivity contribution < 1.29 is 14.3 Å². The van der Waals surface area contributed by atoms with E-state index in [1.165, 1.54) is 0 Å². The van der Waals surface area contributed by atoms with E-state index in [0.29, 0.717) is 26.2 Å². The van der Waals surface area contributed by atoms with Crippen LogP contribution in [-0.2, 0) is 14.3 Å². The van der Waals surface area contributed by atoms with Crippen molar-refractivity contribution in [3.8, 4) is 0 Å². The number of nitrogens with one attached hydrogen (secondary N) is 1. The first-order valence-corrected chi connectivity index (χ1v) is 8.68. The monoisotopic (exact) mass is 367 g/mol. The van der Waals surface area contributed by atoms with Crippen LogP contribution in [0.15, 0.2) is 24.3 Å². The molecule has 1 aromatic carbocycles. The SMILES string of the molecule is Cl.NCCCOC1CCN(C(=O)C2CC(=O)Nc3ccccc32)CC1. The number of anilines is 1. The predicted octanol–water partition coefficient (Wildman–Crippen LogP) is 1.89. The average molecular weight is 368 g/mol. The quantitative estimate of drug-likeness (QED) is 0.778. The number of carbonyl (C=O) groups excluding carboxylic acids is 2. The van der Waals surface area contributed by atoms with E-state index >= 15 is 0 Å². The summed E-state index contributed by atoms with van der Waals surface area (Å²) in [5.74, 6) is -0.408. The molecule has 1 atom stereocenters. The second kappa shape index (κ2) is 9.17. The summed E-state index contributed by atoms with van der Waals surface area (Å²) in [7, 11) is 0. The van der Waals surface area contributed by atoms with Gasteiger partial charge < -0.3 is 20.7 Å². The molecule has 2 aliphatic heterocycles. The number of piperidine rings is 1. The molecule has 2 heterocycles. The van der Waals surface area contributed by atoms with Crippen molar-refractivity contribution >= 4 is 29.9 Å². The van der Waals surface area contributed by atoms with Crippen LogP contribution in [0.5, 0.6) is 0 Å². The molecule has 1 fully saturated rings. The second-order valence-corrected chi connectivity index (χ2v) is 6.43. The molecule has 3 N–H and O–H groups in total. The average Bonchev–Trinajstić information content (AvgIpc) is 2.61. The minimum atomic E-state index is -0.371. The Bertz CT molecular complexity index is 603. The Labute approximate surface area is 154 Å². The highest BCUT2D eigenvalue weighted by atomic mass is 35.5. The first-order chi connectivity index (χ1) is 11.7. The molecule has 138 valence electrons. The van der Waals surface area contributed by atoms with Gasteiger partial charge in [-0.05, 0) is 37.4 Å². The minimum absolute atomic E-state index is 0. The molecular weight excluding hydrogens is 342 g/mol. The lowest BCUT2D eigenvalue weighted by Crippen LogP contribution is -2.44. The lowest BCUT2D eigenvalue weighted by atomic mass is 9.88. The summed E-state index contributed by atoms with van der Waals surface area (Å²) in [6.45, 7) is 2.70. The number of rotatable bonds is 5. The van der Waals surface area contributed by atoms with Crippen molar-refractivity contribution in [2.24, 2.45) is 5.73 Å². The van der Waals surface area contributed by atoms with Gasteiger partial charge in [0, 0.05) is 31.8 Å². The molecule has 25 heavy (non-hydrogen) atoms. The third-order valence-electron chi connectivity index (χ3n) is 4.75. The van der Waals surface area contributed by atoms with E-state index in [9.17, 15) is 9.59 Å². The molecule has 0 aromatic heterocycles. The van der Waals surface area contributed by atoms with Crippen LogP contribution < -0.4 is 11.1 Å². The normalized spacial score (nSPS) is 20.4. The molecule has 1 unspecified atom stereocenters. The molecule has 0 aliphatic carbocycles. The maximum Gasteiger partial charge on any atom is 0.230 e. The number of likely N-dealkylation sites (tertiary alicyclic amines) is 1. The van der Waals surface area contributed by atoms with Gasteiger partial charge in [0.1, 0.15) is 0 Å². The van der Waals surface area contributed by atoms with Gasteiger partial charge in [-0.2, -0.15) is 0 Å². The maximum absolute atomic E-state index is 12.9. The molecule has 0 saturated carbocycles. The summed E-state index contributed by atoms with van der Waals surface area (Å²) < 4.78 is 5.79. The van der Waals surface area contributed by atoms with Gasteiger partial charge in [0.2, 0.25) is 11.8 Å². The second-order valence-electron chi connectivity index (χ2n) is 6.43. The maximum atomic E-state index is 12.9. The fourth-order valence-corrected chi connectivity index (χ4v) is 3.43. The summed E-state index contributed by atoms with van der Waals surface area (Å²) in [5.41, 5.74) is 7.15. The summed E-state index contributed by atoms with van der Waals surface area (Å²) in [6, 6.07) is 7.56. The van der Waals surface area contributed by atoms with E-state index in [1.54, 1.807) is 0 Å². The van der Waals surface area contributed by atoms with Crippen LogP contribution in [0.25, 0.3) is 0 Å². The highest BCUT2D eigenvalue weighted by Crippen LogP contribution is 2.34. The van der Waals surface area contributed by atoms with Gasteiger partial charge in [-0.15, -0.1) is 12.4 Å². The van der Waals surface area contributed by atoms with Crippen molar-refractivity contribution in [3.63, 3.8) is 0 Å². The van der Waals surface area contributed by atoms with Crippen LogP contribution in [0.1, 0.15) is 37.2 Å². The summed E-state index contributed by atoms with van der Waals surface area (Å²) >= 11 is 0. The van der Waals surface area contributed by atoms with Gasteiger partial charge in [-0.1, -0.05) is 18.2 Å². The van der Waals surface area contributed by atoms with Crippen LogP contribution in [0.4, 0.5) is 5.69 Å². The molecular formula is C18H26ClN3O3. The van der Waals surface area contributed by atoms with Crippen molar-refractivity contribution in [2.75, 3.05) is 31.6 Å². The summed E-state index contributed by atoms with van der Waals surface area (Å²) in [4.78, 5) is 26.7. The number of para-hydroxylation sites is 1. The molecule has 7 heteroatoms. The van der Waals surface area contributed by atoms with E-state index in [-0.39, 0.29) is 42.7 Å². The van der Waals surface area contributed by atoms with Crippen LogP contribution in [-0.4, -0.2) is 49.1 Å². The van der Waals surface area contributed by atoms with Crippen LogP contribution >= 0.6 is 12.4 Å². The zero-order valence-corrected chi connectivity index (χ0v) is 15.1. The van der Waals surface area contributed by atoms with Crippen LogP contribution in [0.2, 0.25) is 0 Å². The first kappa shape index (κ1) is 19.7. The lowest BCUT2D eigenvalue weighted by molar-refractivity contribution is -0.137. The van der Waals surface area contributed by atoms with Crippen molar-refractivity contribution in [2.45, 2.75) is 37.7 Å². The van der Waals surface area contributed by atoms with E-state index < -0.39 is 0 Å². The lowest BCUT2D eigenvalue weighted by Gasteiger charge is -2.35. The molecule has 0 radical (unpaired) electrons. The smallest absolute Gasteiger partial charge is 0.230 e. The largest absolute Gasteiger partial charge is 0.378 e. The molecule has 1 aromatic rings. The first-order valence-electron chi connectivity index (χ1n) is 8.68. The number of hydrogen-bond donors (Lipinski definition) is 2. The van der Waals surface area contributed by atoms with E-state index in [2.05, 4.69) is 5.32 Å². The Morgan fingerprint density at radius 1 is 1.28 bits per heavy atom. The summed E-state index contributed by atoms with van der Waals surface area (Å²) in [6.07, 6.45) is 2.99. The van der Waals surface area contributed by atoms with Gasteiger partial charge >= 0.3 is 0 Å². The van der Waals surface area contributed by atoms with Crippen LogP contribution in [0, 0.1) is 0 Å². The van der Waals surface area contributed by atoms with E-state index in [4.69, 9.17) is 10.5 Å². The molecule has 2 amide bonds. The predicted molar refractivity (Wildman–Crippen MR) is 98.9 cm³/mol. The fraction of sp³-hybridized carbons (Fsp3) is 0.556. The number of benzene rings is 1. The van der Waals surface area contributed by atoms with Crippen molar-refractivity contribution in [3.05, 3.63) is 29.8 Å². The Kier molecular flexibility index (Phi) is 7.23. The molecule has 2 aliphatic rings. The number of amides is 2. The Balaban J connectivity index is 0.00000225. The third-order valence-corrected chi connectivity index (χ3v) is 4.75. The Hall–Kier alpha value is -1.63.